The molecule has 2 heterocycles. The molecular weight excluding hydrogens is 512 g/mol. The number of dihydropyridines is 1. The number of benzene rings is 2. The number of hydrogen-bond acceptors (Lipinski definition) is 9. The molecule has 0 saturated heterocycles. The lowest BCUT2D eigenvalue weighted by atomic mass is 9.79. The van der Waals surface area contributed by atoms with Gasteiger partial charge in [-0.05, 0) is 51.6 Å². The number of rotatable bonds is 9. The molecular formula is C30H38N4O6. The van der Waals surface area contributed by atoms with Gasteiger partial charge in [-0.25, -0.2) is 9.59 Å². The summed E-state index contributed by atoms with van der Waals surface area (Å²) in [5.74, 6) is -2.01. The maximum Gasteiger partial charge on any atom is 0.336 e. The third-order valence-corrected chi connectivity index (χ3v) is 6.61. The molecule has 1 unspecified atom stereocenters. The van der Waals surface area contributed by atoms with Gasteiger partial charge in [0.05, 0.1) is 35.2 Å². The van der Waals surface area contributed by atoms with Crippen molar-refractivity contribution >= 4 is 17.6 Å². The maximum atomic E-state index is 13.0. The molecule has 0 bridgehead atoms. The predicted molar refractivity (Wildman–Crippen MR) is 152 cm³/mol. The molecule has 0 aliphatic carbocycles. The number of nitrogens with one attached hydrogen (secondary N) is 2. The number of nitro groups is 1. The van der Waals surface area contributed by atoms with Gasteiger partial charge in [-0.1, -0.05) is 36.4 Å². The highest BCUT2D eigenvalue weighted by Gasteiger charge is 2.39. The van der Waals surface area contributed by atoms with Gasteiger partial charge in [-0.2, -0.15) is 0 Å². The standard InChI is InChI=1S/C22H29N3O6.C8H9N/c1-6-30-21(26)18-14(3)23-17(11-12-24(4)5)20(22(27)31-7-2)19(18)15-9-8-10-16(13-15)25(28)29;1-2-4-8-6-9-5-7(8)3-1/h8-10,13,19,23H,6-7,11-12H2,1-5H3;1-4,9H,5-6H2. The summed E-state index contributed by atoms with van der Waals surface area (Å²) in [7, 11) is 3.83. The van der Waals surface area contributed by atoms with Gasteiger partial charge in [-0.3, -0.25) is 10.1 Å². The minimum Gasteiger partial charge on any atom is -0.463 e. The molecule has 40 heavy (non-hydrogen) atoms. The second-order valence-corrected chi connectivity index (χ2v) is 9.71. The topological polar surface area (TPSA) is 123 Å². The van der Waals surface area contributed by atoms with E-state index in [2.05, 4.69) is 34.9 Å². The van der Waals surface area contributed by atoms with E-state index in [1.807, 2.05) is 19.0 Å². The molecule has 2 aliphatic heterocycles. The summed E-state index contributed by atoms with van der Waals surface area (Å²) < 4.78 is 10.6. The van der Waals surface area contributed by atoms with Gasteiger partial charge < -0.3 is 25.0 Å². The molecule has 0 aromatic heterocycles. The van der Waals surface area contributed by atoms with E-state index in [9.17, 15) is 19.7 Å². The van der Waals surface area contributed by atoms with Crippen molar-refractivity contribution in [3.63, 3.8) is 0 Å². The van der Waals surface area contributed by atoms with Crippen molar-refractivity contribution in [3.8, 4) is 0 Å². The van der Waals surface area contributed by atoms with Crippen LogP contribution in [-0.4, -0.2) is 55.6 Å². The number of carbonyl (C=O) groups excluding carboxylic acids is 2. The Balaban J connectivity index is 0.000000407. The van der Waals surface area contributed by atoms with E-state index in [0.29, 0.717) is 29.9 Å². The zero-order chi connectivity index (χ0) is 29.2. The van der Waals surface area contributed by atoms with Gasteiger partial charge in [0.15, 0.2) is 0 Å². The Morgan fingerprint density at radius 1 is 0.975 bits per heavy atom. The molecule has 0 fully saturated rings. The smallest absolute Gasteiger partial charge is 0.336 e. The normalized spacial score (nSPS) is 16.1. The van der Waals surface area contributed by atoms with Crippen LogP contribution in [0.2, 0.25) is 0 Å². The van der Waals surface area contributed by atoms with Crippen LogP contribution in [0, 0.1) is 10.1 Å². The quantitative estimate of drug-likeness (QED) is 0.269. The van der Waals surface area contributed by atoms with E-state index in [4.69, 9.17) is 9.47 Å². The van der Waals surface area contributed by atoms with E-state index in [-0.39, 0.29) is 30.0 Å². The number of ether oxygens (including phenoxy) is 2. The zero-order valence-corrected chi connectivity index (χ0v) is 23.8. The van der Waals surface area contributed by atoms with Crippen molar-refractivity contribution in [2.24, 2.45) is 0 Å². The maximum absolute atomic E-state index is 13.0. The van der Waals surface area contributed by atoms with E-state index in [1.165, 1.54) is 29.3 Å². The van der Waals surface area contributed by atoms with Crippen molar-refractivity contribution in [2.45, 2.75) is 46.2 Å². The fraction of sp³-hybridized carbons (Fsp3) is 0.400. The van der Waals surface area contributed by atoms with Gasteiger partial charge in [0.25, 0.3) is 5.69 Å². The number of carbonyl (C=O) groups is 2. The van der Waals surface area contributed by atoms with Crippen LogP contribution in [0.25, 0.3) is 0 Å². The number of allylic oxidation sites excluding steroid dienone is 1. The highest BCUT2D eigenvalue weighted by atomic mass is 16.6. The van der Waals surface area contributed by atoms with Crippen molar-refractivity contribution in [3.05, 3.63) is 97.9 Å². The van der Waals surface area contributed by atoms with Crippen molar-refractivity contribution in [2.75, 3.05) is 33.9 Å². The lowest BCUT2D eigenvalue weighted by Crippen LogP contribution is -2.34. The summed E-state index contributed by atoms with van der Waals surface area (Å²) >= 11 is 0. The number of nitrogens with zero attached hydrogens (tertiary/aromatic N) is 2. The molecule has 2 aliphatic rings. The van der Waals surface area contributed by atoms with Crippen molar-refractivity contribution < 1.29 is 24.0 Å². The van der Waals surface area contributed by atoms with Gasteiger partial charge in [0, 0.05) is 49.6 Å². The summed E-state index contributed by atoms with van der Waals surface area (Å²) in [6.45, 7) is 8.18. The van der Waals surface area contributed by atoms with Crippen LogP contribution in [0.3, 0.4) is 0 Å². The minimum atomic E-state index is -0.851. The molecule has 0 radical (unpaired) electrons. The fourth-order valence-corrected chi connectivity index (χ4v) is 4.74. The van der Waals surface area contributed by atoms with Crippen molar-refractivity contribution in [1.82, 2.24) is 15.5 Å². The predicted octanol–water partition coefficient (Wildman–Crippen LogP) is 4.18. The monoisotopic (exact) mass is 550 g/mol. The molecule has 10 heteroatoms. The van der Waals surface area contributed by atoms with Crippen LogP contribution in [0.4, 0.5) is 5.69 Å². The molecule has 4 rings (SSSR count). The van der Waals surface area contributed by atoms with Crippen LogP contribution in [-0.2, 0) is 32.2 Å². The first-order chi connectivity index (χ1) is 19.2. The summed E-state index contributed by atoms with van der Waals surface area (Å²) in [6, 6.07) is 14.5. The van der Waals surface area contributed by atoms with Crippen LogP contribution < -0.4 is 10.6 Å². The molecule has 0 saturated carbocycles. The third kappa shape index (κ3) is 7.55. The first kappa shape index (κ1) is 30.5. The number of esters is 2. The molecule has 0 amide bonds. The number of nitro benzene ring substituents is 1. The average molecular weight is 551 g/mol. The molecule has 2 N–H and O–H groups in total. The minimum absolute atomic E-state index is 0.130. The lowest BCUT2D eigenvalue weighted by molar-refractivity contribution is -0.384. The second kappa shape index (κ2) is 14.4. The van der Waals surface area contributed by atoms with Gasteiger partial charge in [0.1, 0.15) is 0 Å². The Morgan fingerprint density at radius 3 is 2.12 bits per heavy atom. The van der Waals surface area contributed by atoms with E-state index in [1.54, 1.807) is 26.8 Å². The average Bonchev–Trinajstić information content (AvgIpc) is 3.41. The summed E-state index contributed by atoms with van der Waals surface area (Å²) in [4.78, 5) is 38.7. The molecule has 214 valence electrons. The number of hydrogen-bond donors (Lipinski definition) is 2. The van der Waals surface area contributed by atoms with Crippen LogP contribution in [0.1, 0.15) is 49.8 Å². The highest BCUT2D eigenvalue weighted by Crippen LogP contribution is 2.41. The molecule has 1 atom stereocenters. The lowest BCUT2D eigenvalue weighted by Gasteiger charge is -2.32. The van der Waals surface area contributed by atoms with Gasteiger partial charge in [-0.15, -0.1) is 0 Å². The first-order valence-electron chi connectivity index (χ1n) is 13.4. The Kier molecular flexibility index (Phi) is 11.0. The summed E-state index contributed by atoms with van der Waals surface area (Å²) in [5.41, 5.74) is 4.89. The summed E-state index contributed by atoms with van der Waals surface area (Å²) in [5, 5.41) is 17.8. The molecule has 10 nitrogen and oxygen atoms in total. The summed E-state index contributed by atoms with van der Waals surface area (Å²) in [6.07, 6.45) is 0.500. The van der Waals surface area contributed by atoms with Gasteiger partial charge in [0.2, 0.25) is 0 Å². The Morgan fingerprint density at radius 2 is 1.57 bits per heavy atom. The SMILES string of the molecule is CCOC(=O)C1=C(C)NC(CCN(C)C)=C(C(=O)OCC)C1c1cccc([N+](=O)[O-])c1.c1ccc2c(c1)CNC2. The Hall–Kier alpha value is -4.02. The Labute approximate surface area is 235 Å². The largest absolute Gasteiger partial charge is 0.463 e. The van der Waals surface area contributed by atoms with Crippen LogP contribution in [0.15, 0.2) is 71.1 Å². The van der Waals surface area contributed by atoms with Gasteiger partial charge >= 0.3 is 11.9 Å². The van der Waals surface area contributed by atoms with E-state index in [0.717, 1.165) is 13.1 Å². The van der Waals surface area contributed by atoms with Crippen LogP contribution in [0.5, 0.6) is 0 Å². The van der Waals surface area contributed by atoms with E-state index < -0.39 is 22.8 Å². The molecule has 2 aromatic carbocycles. The second-order valence-electron chi connectivity index (χ2n) is 9.71. The number of fused-ring (bicyclic) bond motifs is 1. The first-order valence-corrected chi connectivity index (χ1v) is 13.4. The van der Waals surface area contributed by atoms with Crippen LogP contribution >= 0.6 is 0 Å². The highest BCUT2D eigenvalue weighted by molar-refractivity contribution is 6.00. The Bertz CT molecular complexity index is 1280. The number of non-ortho nitro benzene ring substituents is 1. The van der Waals surface area contributed by atoms with E-state index >= 15 is 0 Å². The fourth-order valence-electron chi connectivity index (χ4n) is 4.74. The molecule has 2 aromatic rings. The van der Waals surface area contributed by atoms with Crippen molar-refractivity contribution in [1.29, 1.82) is 0 Å². The molecule has 0 spiro atoms. The zero-order valence-electron chi connectivity index (χ0n) is 23.8. The third-order valence-electron chi connectivity index (χ3n) is 6.61.